The maximum atomic E-state index is 11.7. The van der Waals surface area contributed by atoms with Crippen LogP contribution in [-0.2, 0) is 9.53 Å². The zero-order valence-corrected chi connectivity index (χ0v) is 12.2. The third kappa shape index (κ3) is 2.26. The molecule has 17 heavy (non-hydrogen) atoms. The zero-order chi connectivity index (χ0) is 12.6. The second-order valence-electron chi connectivity index (χ2n) is 3.68. The number of ether oxygens (including phenoxy) is 1. The summed E-state index contributed by atoms with van der Waals surface area (Å²) in [6, 6.07) is 1.60. The zero-order valence-electron chi connectivity index (χ0n) is 9.00. The number of fused-ring (bicyclic) bond motifs is 1. The normalized spacial score (nSPS) is 18.5. The lowest BCUT2D eigenvalue weighted by Gasteiger charge is -2.26. The van der Waals surface area contributed by atoms with Gasteiger partial charge in [-0.15, -0.1) is 0 Å². The lowest BCUT2D eigenvalue weighted by Crippen LogP contribution is -2.39. The molecule has 5 nitrogen and oxygen atoms in total. The molecule has 0 bridgehead atoms. The highest BCUT2D eigenvalue weighted by Crippen LogP contribution is 2.33. The first-order valence-electron chi connectivity index (χ1n) is 4.95. The number of carbonyl (C=O) groups is 2. The summed E-state index contributed by atoms with van der Waals surface area (Å²) in [6.45, 7) is 0.417. The van der Waals surface area contributed by atoms with Gasteiger partial charge in [0.1, 0.15) is 5.69 Å². The third-order valence-electron chi connectivity index (χ3n) is 2.66. The lowest BCUT2D eigenvalue weighted by atomic mass is 10.1. The largest absolute Gasteiger partial charge is 0.469 e. The fraction of sp³-hybridized carbons (Fsp3) is 0.400. The van der Waals surface area contributed by atoms with Gasteiger partial charge in [0.25, 0.3) is 5.91 Å². The molecule has 0 radical (unpaired) electrons. The summed E-state index contributed by atoms with van der Waals surface area (Å²) < 4.78 is 8.01. The molecule has 0 saturated carbocycles. The van der Waals surface area contributed by atoms with E-state index in [0.29, 0.717) is 12.2 Å². The van der Waals surface area contributed by atoms with Crippen LogP contribution >= 0.6 is 31.9 Å². The van der Waals surface area contributed by atoms with Crippen LogP contribution in [0.5, 0.6) is 0 Å². The first kappa shape index (κ1) is 12.6. The molecule has 2 rings (SSSR count). The van der Waals surface area contributed by atoms with E-state index in [0.717, 1.165) is 9.08 Å². The quantitative estimate of drug-likeness (QED) is 0.814. The SMILES string of the molecule is COC(=O)C[C@@H]1CNC(=O)c2cc(Br)c(Br)n21. The van der Waals surface area contributed by atoms with Crippen LogP contribution in [0.1, 0.15) is 23.0 Å². The van der Waals surface area contributed by atoms with E-state index in [9.17, 15) is 9.59 Å². The van der Waals surface area contributed by atoms with Crippen molar-refractivity contribution >= 4 is 43.7 Å². The van der Waals surface area contributed by atoms with Crippen molar-refractivity contribution < 1.29 is 14.3 Å². The van der Waals surface area contributed by atoms with E-state index in [1.54, 1.807) is 10.6 Å². The number of amides is 1. The van der Waals surface area contributed by atoms with Crippen LogP contribution in [0.15, 0.2) is 15.1 Å². The standard InChI is InChI=1S/C10H10Br2N2O3/c1-17-8(15)2-5-4-13-10(16)7-3-6(11)9(12)14(5)7/h3,5H,2,4H2,1H3,(H,13,16)/t5-/m1/s1. The van der Waals surface area contributed by atoms with E-state index in [-0.39, 0.29) is 24.3 Å². The first-order valence-corrected chi connectivity index (χ1v) is 6.54. The van der Waals surface area contributed by atoms with Crippen molar-refractivity contribution in [2.75, 3.05) is 13.7 Å². The van der Waals surface area contributed by atoms with Crippen LogP contribution in [0.25, 0.3) is 0 Å². The highest BCUT2D eigenvalue weighted by atomic mass is 79.9. The van der Waals surface area contributed by atoms with Crippen LogP contribution in [0.4, 0.5) is 0 Å². The molecule has 92 valence electrons. The average Bonchev–Trinajstić information content (AvgIpc) is 2.61. The molecule has 0 spiro atoms. The summed E-state index contributed by atoms with van der Waals surface area (Å²) in [5, 5.41) is 2.75. The van der Waals surface area contributed by atoms with Crippen LogP contribution in [0, 0.1) is 0 Å². The third-order valence-corrected chi connectivity index (χ3v) is 4.60. The van der Waals surface area contributed by atoms with Gasteiger partial charge in [0.2, 0.25) is 0 Å². The molecule has 1 aromatic rings. The van der Waals surface area contributed by atoms with E-state index < -0.39 is 0 Å². The molecule has 0 unspecified atom stereocenters. The average molecular weight is 366 g/mol. The monoisotopic (exact) mass is 364 g/mol. The van der Waals surface area contributed by atoms with E-state index >= 15 is 0 Å². The Morgan fingerprint density at radius 2 is 2.35 bits per heavy atom. The van der Waals surface area contributed by atoms with Gasteiger partial charge in [-0.3, -0.25) is 9.59 Å². The molecule has 0 aliphatic carbocycles. The number of carbonyl (C=O) groups excluding carboxylic acids is 2. The Balaban J connectivity index is 2.38. The van der Waals surface area contributed by atoms with Gasteiger partial charge < -0.3 is 14.6 Å². The minimum absolute atomic E-state index is 0.129. The molecule has 1 aromatic heterocycles. The number of hydrogen-bond acceptors (Lipinski definition) is 3. The number of rotatable bonds is 2. The Bertz CT molecular complexity index is 484. The highest BCUT2D eigenvalue weighted by Gasteiger charge is 2.29. The molecule has 1 atom stereocenters. The molecular weight excluding hydrogens is 356 g/mol. The van der Waals surface area contributed by atoms with Crippen molar-refractivity contribution in [1.29, 1.82) is 0 Å². The smallest absolute Gasteiger partial charge is 0.307 e. The minimum Gasteiger partial charge on any atom is -0.469 e. The van der Waals surface area contributed by atoms with Crippen molar-refractivity contribution in [2.45, 2.75) is 12.5 Å². The van der Waals surface area contributed by atoms with Gasteiger partial charge in [0, 0.05) is 6.54 Å². The van der Waals surface area contributed by atoms with Gasteiger partial charge in [-0.2, -0.15) is 0 Å². The van der Waals surface area contributed by atoms with Crippen molar-refractivity contribution in [3.63, 3.8) is 0 Å². The van der Waals surface area contributed by atoms with Crippen LogP contribution in [0.2, 0.25) is 0 Å². The Morgan fingerprint density at radius 1 is 1.65 bits per heavy atom. The Kier molecular flexibility index (Phi) is 3.58. The summed E-state index contributed by atoms with van der Waals surface area (Å²) in [4.78, 5) is 23.0. The van der Waals surface area contributed by atoms with E-state index in [1.807, 2.05) is 0 Å². The summed E-state index contributed by atoms with van der Waals surface area (Å²) in [7, 11) is 1.35. The fourth-order valence-electron chi connectivity index (χ4n) is 1.83. The number of halogens is 2. The Hall–Kier alpha value is -0.820. The number of nitrogens with zero attached hydrogens (tertiary/aromatic N) is 1. The van der Waals surface area contributed by atoms with Crippen molar-refractivity contribution in [3.8, 4) is 0 Å². The van der Waals surface area contributed by atoms with Crippen molar-refractivity contribution in [2.24, 2.45) is 0 Å². The Morgan fingerprint density at radius 3 is 3.00 bits per heavy atom. The molecule has 0 aromatic carbocycles. The molecule has 0 saturated heterocycles. The van der Waals surface area contributed by atoms with Crippen LogP contribution in [-0.4, -0.2) is 30.1 Å². The number of aromatic nitrogens is 1. The molecule has 1 amide bonds. The van der Waals surface area contributed by atoms with Gasteiger partial charge in [0.05, 0.1) is 28.6 Å². The van der Waals surface area contributed by atoms with E-state index in [4.69, 9.17) is 0 Å². The number of methoxy groups -OCH3 is 1. The van der Waals surface area contributed by atoms with Gasteiger partial charge in [-0.1, -0.05) is 0 Å². The second-order valence-corrected chi connectivity index (χ2v) is 5.29. The van der Waals surface area contributed by atoms with Gasteiger partial charge >= 0.3 is 5.97 Å². The van der Waals surface area contributed by atoms with Crippen molar-refractivity contribution in [1.82, 2.24) is 9.88 Å². The first-order chi connectivity index (χ1) is 8.04. The Labute approximate surface area is 115 Å². The predicted octanol–water partition coefficient (Wildman–Crippen LogP) is 1.86. The maximum Gasteiger partial charge on any atom is 0.307 e. The number of hydrogen-bond donors (Lipinski definition) is 1. The molecule has 1 N–H and O–H groups in total. The molecular formula is C10H10Br2N2O3. The van der Waals surface area contributed by atoms with Crippen molar-refractivity contribution in [3.05, 3.63) is 20.8 Å². The molecule has 1 aliphatic heterocycles. The van der Waals surface area contributed by atoms with Gasteiger partial charge in [0.15, 0.2) is 0 Å². The summed E-state index contributed by atoms with van der Waals surface area (Å²) in [5.41, 5.74) is 0.531. The summed E-state index contributed by atoms with van der Waals surface area (Å²) >= 11 is 6.75. The van der Waals surface area contributed by atoms with Crippen LogP contribution < -0.4 is 5.32 Å². The second kappa shape index (κ2) is 4.81. The van der Waals surface area contributed by atoms with E-state index in [2.05, 4.69) is 41.9 Å². The van der Waals surface area contributed by atoms with Crippen LogP contribution in [0.3, 0.4) is 0 Å². The molecule has 0 fully saturated rings. The minimum atomic E-state index is -0.297. The van der Waals surface area contributed by atoms with Gasteiger partial charge in [-0.05, 0) is 37.9 Å². The molecule has 1 aliphatic rings. The van der Waals surface area contributed by atoms with Gasteiger partial charge in [-0.25, -0.2) is 0 Å². The fourth-order valence-corrected chi connectivity index (χ4v) is 2.84. The highest BCUT2D eigenvalue weighted by molar-refractivity contribution is 9.13. The summed E-state index contributed by atoms with van der Waals surface area (Å²) in [6.07, 6.45) is 0.226. The summed E-state index contributed by atoms with van der Waals surface area (Å²) in [5.74, 6) is -0.439. The topological polar surface area (TPSA) is 60.3 Å². The number of nitrogens with one attached hydrogen (secondary N) is 1. The van der Waals surface area contributed by atoms with E-state index in [1.165, 1.54) is 7.11 Å². The molecule has 2 heterocycles. The lowest BCUT2D eigenvalue weighted by molar-refractivity contribution is -0.141. The number of esters is 1. The predicted molar refractivity (Wildman–Crippen MR) is 67.8 cm³/mol. The maximum absolute atomic E-state index is 11.7. The molecule has 7 heteroatoms.